The molecule has 2 aliphatic heterocycles. The number of nitrogens with zero attached hydrogens (tertiary/aromatic N) is 2. The number of rotatable bonds is 10. The first kappa shape index (κ1) is 43.7. The third-order valence-corrected chi connectivity index (χ3v) is 9.73. The average Bonchev–Trinajstić information content (AvgIpc) is 3.28. The molecule has 0 saturated carbocycles. The van der Waals surface area contributed by atoms with Gasteiger partial charge in [0.05, 0.1) is 10.6 Å². The summed E-state index contributed by atoms with van der Waals surface area (Å²) in [6, 6.07) is 13.1. The molecule has 0 spiro atoms. The Morgan fingerprint density at radius 2 is 1.67 bits per heavy atom. The summed E-state index contributed by atoms with van der Waals surface area (Å²) in [5.41, 5.74) is 5.36. The minimum Gasteiger partial charge on any atom is -0.748 e. The summed E-state index contributed by atoms with van der Waals surface area (Å²) in [5, 5.41) is 0. The molecular weight excluding hydrogens is 653 g/mol. The van der Waals surface area contributed by atoms with Gasteiger partial charge < -0.3 is 20.9 Å². The summed E-state index contributed by atoms with van der Waals surface area (Å²) < 4.78 is 71.1. The van der Waals surface area contributed by atoms with Gasteiger partial charge in [-0.25, -0.2) is 21.4 Å². The van der Waals surface area contributed by atoms with Crippen molar-refractivity contribution in [2.45, 2.75) is 56.8 Å². The molecule has 0 bridgehead atoms. The molecule has 13 heteroatoms. The van der Waals surface area contributed by atoms with E-state index in [-0.39, 0.29) is 100 Å². The van der Waals surface area contributed by atoms with Crippen LogP contribution in [0.1, 0.15) is 52.2 Å². The number of hydrogen-bond acceptors (Lipinski definition) is 7. The zero-order valence-corrected chi connectivity index (χ0v) is 35.8. The van der Waals surface area contributed by atoms with E-state index >= 15 is 0 Å². The molecule has 0 saturated heterocycles. The molecule has 8 nitrogen and oxygen atoms in total. The van der Waals surface area contributed by atoms with Gasteiger partial charge in [0, 0.05) is 28.3 Å². The second-order valence-electron chi connectivity index (χ2n) is 11.6. The molecule has 46 heavy (non-hydrogen) atoms. The summed E-state index contributed by atoms with van der Waals surface area (Å²) in [6.45, 7) is 14.7. The van der Waals surface area contributed by atoms with Crippen LogP contribution >= 0.6 is 0 Å². The number of anilines is 1. The first-order valence-electron chi connectivity index (χ1n) is 14.0. The van der Waals surface area contributed by atoms with E-state index in [1.54, 1.807) is 12.1 Å². The molecule has 4 rings (SSSR count). The Bertz CT molecular complexity index is 1810. The smallest absolute Gasteiger partial charge is 0.748 e. The molecular formula is C33H37N2Na3O6S2. The van der Waals surface area contributed by atoms with Crippen LogP contribution in [0.2, 0.25) is 0 Å². The van der Waals surface area contributed by atoms with E-state index in [0.717, 1.165) is 45.9 Å². The van der Waals surface area contributed by atoms with Crippen molar-refractivity contribution in [2.24, 2.45) is 0 Å². The molecule has 0 fully saturated rings. The van der Waals surface area contributed by atoms with Gasteiger partial charge in [-0.05, 0) is 41.8 Å². The van der Waals surface area contributed by atoms with Gasteiger partial charge in [0.15, 0.2) is 12.3 Å². The van der Waals surface area contributed by atoms with Gasteiger partial charge in [-0.3, -0.25) is 0 Å². The molecule has 230 valence electrons. The second-order valence-corrected chi connectivity index (χ2v) is 14.5. The van der Waals surface area contributed by atoms with Crippen LogP contribution in [0.15, 0.2) is 89.0 Å². The number of benzene rings is 2. The normalized spacial score (nSPS) is 18.0. The van der Waals surface area contributed by atoms with Crippen molar-refractivity contribution in [3.05, 3.63) is 108 Å². The molecule has 0 N–H and O–H groups in total. The molecule has 0 amide bonds. The molecule has 2 aromatic carbocycles. The van der Waals surface area contributed by atoms with E-state index in [4.69, 9.17) is 0 Å². The van der Waals surface area contributed by atoms with Gasteiger partial charge in [0.1, 0.15) is 25.9 Å². The van der Waals surface area contributed by atoms with Gasteiger partial charge in [0.2, 0.25) is 0 Å². The molecule has 2 aliphatic rings. The van der Waals surface area contributed by atoms with Crippen molar-refractivity contribution < 1.29 is 119 Å². The number of allylic oxidation sites excluding steroid dienone is 8. The van der Waals surface area contributed by atoms with Crippen molar-refractivity contribution in [1.82, 2.24) is 0 Å². The van der Waals surface area contributed by atoms with Crippen LogP contribution < -0.4 is 93.6 Å². The van der Waals surface area contributed by atoms with E-state index in [1.165, 1.54) is 12.1 Å². The second kappa shape index (κ2) is 17.1. The van der Waals surface area contributed by atoms with Gasteiger partial charge in [0.25, 0.3) is 0 Å². The zero-order valence-electron chi connectivity index (χ0n) is 28.1. The summed E-state index contributed by atoms with van der Waals surface area (Å²) in [7, 11) is -8.96. The Morgan fingerprint density at radius 1 is 1.00 bits per heavy atom. The minimum atomic E-state index is -4.58. The van der Waals surface area contributed by atoms with E-state index in [0.29, 0.717) is 6.54 Å². The van der Waals surface area contributed by atoms with Crippen molar-refractivity contribution >= 4 is 37.3 Å². The first-order chi connectivity index (χ1) is 20.0. The largest absolute Gasteiger partial charge is 1.00 e. The third-order valence-electron chi connectivity index (χ3n) is 8.21. The van der Waals surface area contributed by atoms with Gasteiger partial charge in [-0.2, -0.15) is 18.2 Å². The summed E-state index contributed by atoms with van der Waals surface area (Å²) in [5.74, 6) is -0.496. The maximum absolute atomic E-state index is 11.6. The van der Waals surface area contributed by atoms with Crippen molar-refractivity contribution in [3.63, 3.8) is 0 Å². The molecule has 0 radical (unpaired) electrons. The Hall–Kier alpha value is -0.310. The fourth-order valence-corrected chi connectivity index (χ4v) is 6.78. The Morgan fingerprint density at radius 3 is 2.26 bits per heavy atom. The predicted octanol–water partition coefficient (Wildman–Crippen LogP) is -3.71. The quantitative estimate of drug-likeness (QED) is 0.0828. The van der Waals surface area contributed by atoms with Gasteiger partial charge in [-0.15, -0.1) is 12.6 Å². The van der Waals surface area contributed by atoms with E-state index in [9.17, 15) is 25.9 Å². The molecule has 2 aromatic rings. The van der Waals surface area contributed by atoms with Gasteiger partial charge in [-0.1, -0.05) is 64.5 Å². The van der Waals surface area contributed by atoms with Crippen LogP contribution in [0.3, 0.4) is 0 Å². The number of hydrogen-bond donors (Lipinski definition) is 0. The van der Waals surface area contributed by atoms with Crippen LogP contribution in [0.5, 0.6) is 0 Å². The maximum Gasteiger partial charge on any atom is 1.00 e. The monoisotopic (exact) mass is 690 g/mol. The third kappa shape index (κ3) is 9.47. The maximum atomic E-state index is 11.6. The fourth-order valence-electron chi connectivity index (χ4n) is 5.87. The summed E-state index contributed by atoms with van der Waals surface area (Å²) in [4.78, 5) is 1.77. The molecule has 0 atom stereocenters. The Kier molecular flexibility index (Phi) is 16.2. The first-order valence-corrected chi connectivity index (χ1v) is 17.0. The summed E-state index contributed by atoms with van der Waals surface area (Å²) in [6.07, 6.45) is 12.6. The van der Waals surface area contributed by atoms with Crippen LogP contribution in [0, 0.1) is 13.0 Å². The molecule has 0 aliphatic carbocycles. The van der Waals surface area contributed by atoms with Crippen LogP contribution in [0.4, 0.5) is 11.4 Å². The SMILES string of the molecule is [CH2-]CN1/C(=C/C=C/C(=C/C=C/C2=[N+](CCS(=O)(=O)[O-])c3cc[c-]cc3C2(C)C)CC)C(C)(C)c2cc(S(=O)(=O)[O-])ccc21.[Na+].[Na+].[Na+]. The van der Waals surface area contributed by atoms with Crippen molar-refractivity contribution in [3.8, 4) is 0 Å². The van der Waals surface area contributed by atoms with E-state index in [2.05, 4.69) is 26.8 Å². The van der Waals surface area contributed by atoms with Crippen LogP contribution in [0.25, 0.3) is 0 Å². The number of fused-ring (bicyclic) bond motifs is 2. The van der Waals surface area contributed by atoms with E-state index < -0.39 is 36.8 Å². The molecule has 0 aromatic heterocycles. The van der Waals surface area contributed by atoms with Crippen LogP contribution in [-0.2, 0) is 31.1 Å². The average molecular weight is 691 g/mol. The Balaban J connectivity index is 0.00000353. The topological polar surface area (TPSA) is 121 Å². The predicted molar refractivity (Wildman–Crippen MR) is 168 cm³/mol. The molecule has 2 heterocycles. The van der Waals surface area contributed by atoms with E-state index in [1.807, 2.05) is 78.8 Å². The summed E-state index contributed by atoms with van der Waals surface area (Å²) >= 11 is 0. The standard InChI is InChI=1S/C33H39N2O6S2.3Na/c1-7-24(13-11-17-30-33(5,6)27-23-25(43(39,40)41)19-20-29(27)34(30)8-2)14-12-18-31-32(3,4)26-15-9-10-16-28(26)35(31)21-22-42(36,37)38;;;/h10-20,23H,2,7-8,21-22H2,1,3-6H3,(H,36,37,38)(H,39,40,41);;;/q-1;3*+1/p-2. The van der Waals surface area contributed by atoms with Gasteiger partial charge >= 0.3 is 88.7 Å². The zero-order chi connectivity index (χ0) is 31.8. The fraction of sp³-hybridized carbons (Fsp3) is 0.333. The van der Waals surface area contributed by atoms with Crippen LogP contribution in [-0.4, -0.2) is 55.1 Å². The van der Waals surface area contributed by atoms with Crippen molar-refractivity contribution in [1.29, 1.82) is 0 Å². The Labute approximate surface area is 341 Å². The van der Waals surface area contributed by atoms with Crippen molar-refractivity contribution in [2.75, 3.05) is 23.7 Å². The minimum absolute atomic E-state index is 0. The molecule has 0 unspecified atom stereocenters.